The summed E-state index contributed by atoms with van der Waals surface area (Å²) < 4.78 is 0. The Balaban J connectivity index is 1.87. The summed E-state index contributed by atoms with van der Waals surface area (Å²) in [5.74, 6) is 0. The second-order valence-corrected chi connectivity index (χ2v) is 5.86. The zero-order chi connectivity index (χ0) is 13.6. The van der Waals surface area contributed by atoms with Crippen LogP contribution >= 0.6 is 0 Å². The van der Waals surface area contributed by atoms with E-state index in [1.165, 1.54) is 27.7 Å². The Morgan fingerprint density at radius 3 is 2.55 bits per heavy atom. The number of fused-ring (bicyclic) bond motifs is 3. The molecule has 1 aliphatic carbocycles. The Labute approximate surface area is 119 Å². The number of aromatic nitrogens is 1. The fraction of sp³-hybridized carbons (Fsp3) is 0.158. The zero-order valence-electron chi connectivity index (χ0n) is 11.6. The molecule has 0 radical (unpaired) electrons. The van der Waals surface area contributed by atoms with Gasteiger partial charge in [0.2, 0.25) is 0 Å². The Morgan fingerprint density at radius 1 is 0.950 bits per heavy atom. The monoisotopic (exact) mass is 259 g/mol. The molecule has 0 saturated carbocycles. The molecule has 0 bridgehead atoms. The number of nitrogens with one attached hydrogen (secondary N) is 1. The summed E-state index contributed by atoms with van der Waals surface area (Å²) in [6, 6.07) is 19.4. The molecule has 4 rings (SSSR count). The third kappa shape index (κ3) is 1.63. The lowest BCUT2D eigenvalue weighted by molar-refractivity contribution is 0.589. The first-order chi connectivity index (χ1) is 9.76. The summed E-state index contributed by atoms with van der Waals surface area (Å²) in [6.45, 7) is 2.32. The maximum Gasteiger partial charge on any atom is 0.0461 e. The standard InChI is InChI=1S/C19H17N/c1-19(14-7-3-2-4-8-14)12-11-18-16(13-19)15-9-5-6-10-17(15)20-18/h2-12,20H,13H2,1H3. The highest BCUT2D eigenvalue weighted by atomic mass is 14.7. The molecule has 1 nitrogen and oxygen atoms in total. The van der Waals surface area contributed by atoms with Gasteiger partial charge < -0.3 is 4.98 Å². The highest BCUT2D eigenvalue weighted by Gasteiger charge is 2.29. The van der Waals surface area contributed by atoms with E-state index < -0.39 is 0 Å². The minimum absolute atomic E-state index is 0.0826. The molecular weight excluding hydrogens is 242 g/mol. The van der Waals surface area contributed by atoms with Gasteiger partial charge in [0.05, 0.1) is 0 Å². The largest absolute Gasteiger partial charge is 0.355 e. The molecule has 1 unspecified atom stereocenters. The lowest BCUT2D eigenvalue weighted by atomic mass is 9.74. The van der Waals surface area contributed by atoms with Crippen molar-refractivity contribution in [1.82, 2.24) is 4.98 Å². The van der Waals surface area contributed by atoms with E-state index in [-0.39, 0.29) is 5.41 Å². The molecule has 0 saturated heterocycles. The second kappa shape index (κ2) is 4.11. The van der Waals surface area contributed by atoms with Crippen molar-refractivity contribution in [1.29, 1.82) is 0 Å². The number of para-hydroxylation sites is 1. The van der Waals surface area contributed by atoms with Crippen LogP contribution in [0.1, 0.15) is 23.7 Å². The highest BCUT2D eigenvalue weighted by molar-refractivity contribution is 5.88. The molecule has 0 spiro atoms. The molecule has 20 heavy (non-hydrogen) atoms. The smallest absolute Gasteiger partial charge is 0.0461 e. The van der Waals surface area contributed by atoms with Gasteiger partial charge in [-0.05, 0) is 29.7 Å². The summed E-state index contributed by atoms with van der Waals surface area (Å²) in [7, 11) is 0. The number of benzene rings is 2. The molecule has 3 aromatic rings. The fourth-order valence-electron chi connectivity index (χ4n) is 3.26. The summed E-state index contributed by atoms with van der Waals surface area (Å²) in [5, 5.41) is 1.36. The summed E-state index contributed by atoms with van der Waals surface area (Å²) in [4.78, 5) is 3.52. The third-order valence-electron chi connectivity index (χ3n) is 4.44. The van der Waals surface area contributed by atoms with Crippen LogP contribution in [0.15, 0.2) is 60.7 Å². The predicted molar refractivity (Wildman–Crippen MR) is 84.8 cm³/mol. The maximum atomic E-state index is 3.52. The molecule has 0 fully saturated rings. The summed E-state index contributed by atoms with van der Waals surface area (Å²) in [5.41, 5.74) is 5.40. The lowest BCUT2D eigenvalue weighted by Crippen LogP contribution is -2.24. The average Bonchev–Trinajstić information content (AvgIpc) is 2.86. The minimum Gasteiger partial charge on any atom is -0.355 e. The van der Waals surface area contributed by atoms with Crippen LogP contribution in [0.2, 0.25) is 0 Å². The van der Waals surface area contributed by atoms with Crippen molar-refractivity contribution in [3.05, 3.63) is 77.5 Å². The van der Waals surface area contributed by atoms with Crippen LogP contribution in [-0.4, -0.2) is 4.98 Å². The summed E-state index contributed by atoms with van der Waals surface area (Å²) in [6.07, 6.45) is 5.62. The molecular formula is C19H17N. The van der Waals surface area contributed by atoms with E-state index in [1.54, 1.807) is 0 Å². The second-order valence-electron chi connectivity index (χ2n) is 5.86. The van der Waals surface area contributed by atoms with Gasteiger partial charge in [0, 0.05) is 22.0 Å². The van der Waals surface area contributed by atoms with Crippen LogP contribution in [0.5, 0.6) is 0 Å². The number of rotatable bonds is 1. The van der Waals surface area contributed by atoms with Crippen molar-refractivity contribution in [3.8, 4) is 0 Å². The molecule has 1 aliphatic rings. The number of hydrogen-bond donors (Lipinski definition) is 1. The lowest BCUT2D eigenvalue weighted by Gasteiger charge is -2.30. The molecule has 1 heteroatoms. The van der Waals surface area contributed by atoms with Gasteiger partial charge in [-0.25, -0.2) is 0 Å². The third-order valence-corrected chi connectivity index (χ3v) is 4.44. The van der Waals surface area contributed by atoms with Crippen LogP contribution in [0.4, 0.5) is 0 Å². The zero-order valence-corrected chi connectivity index (χ0v) is 11.6. The van der Waals surface area contributed by atoms with Crippen molar-refractivity contribution < 1.29 is 0 Å². The molecule has 1 atom stereocenters. The van der Waals surface area contributed by atoms with Crippen molar-refractivity contribution in [3.63, 3.8) is 0 Å². The Morgan fingerprint density at radius 2 is 1.70 bits per heavy atom. The van der Waals surface area contributed by atoms with Crippen molar-refractivity contribution in [2.75, 3.05) is 0 Å². The van der Waals surface area contributed by atoms with Gasteiger partial charge in [0.25, 0.3) is 0 Å². The van der Waals surface area contributed by atoms with Gasteiger partial charge in [-0.15, -0.1) is 0 Å². The quantitative estimate of drug-likeness (QED) is 0.652. The van der Waals surface area contributed by atoms with Gasteiger partial charge in [0.15, 0.2) is 0 Å². The van der Waals surface area contributed by atoms with Gasteiger partial charge in [-0.2, -0.15) is 0 Å². The minimum atomic E-state index is 0.0826. The van der Waals surface area contributed by atoms with Gasteiger partial charge in [-0.1, -0.05) is 61.5 Å². The number of aromatic amines is 1. The van der Waals surface area contributed by atoms with Crippen molar-refractivity contribution in [2.45, 2.75) is 18.8 Å². The molecule has 0 aliphatic heterocycles. The van der Waals surface area contributed by atoms with E-state index >= 15 is 0 Å². The van der Waals surface area contributed by atoms with Crippen LogP contribution in [-0.2, 0) is 11.8 Å². The van der Waals surface area contributed by atoms with E-state index in [0.717, 1.165) is 6.42 Å². The van der Waals surface area contributed by atoms with Crippen LogP contribution in [0.25, 0.3) is 17.0 Å². The average molecular weight is 259 g/mol. The Bertz CT molecular complexity index is 795. The van der Waals surface area contributed by atoms with E-state index in [4.69, 9.17) is 0 Å². The van der Waals surface area contributed by atoms with Gasteiger partial charge >= 0.3 is 0 Å². The van der Waals surface area contributed by atoms with Crippen molar-refractivity contribution in [2.24, 2.45) is 0 Å². The molecule has 1 aromatic heterocycles. The number of hydrogen-bond acceptors (Lipinski definition) is 0. The maximum absolute atomic E-state index is 3.52. The normalized spacial score (nSPS) is 21.1. The van der Waals surface area contributed by atoms with E-state index in [9.17, 15) is 0 Å². The van der Waals surface area contributed by atoms with Gasteiger partial charge in [0.1, 0.15) is 0 Å². The van der Waals surface area contributed by atoms with Gasteiger partial charge in [-0.3, -0.25) is 0 Å². The fourth-order valence-corrected chi connectivity index (χ4v) is 3.26. The first-order valence-electron chi connectivity index (χ1n) is 7.11. The van der Waals surface area contributed by atoms with Crippen LogP contribution < -0.4 is 0 Å². The number of H-pyrrole nitrogens is 1. The van der Waals surface area contributed by atoms with E-state index in [1.807, 2.05) is 0 Å². The van der Waals surface area contributed by atoms with Crippen molar-refractivity contribution >= 4 is 17.0 Å². The Hall–Kier alpha value is -2.28. The molecule has 1 N–H and O–H groups in total. The molecule has 98 valence electrons. The molecule has 1 heterocycles. The Kier molecular flexibility index (Phi) is 2.37. The highest BCUT2D eigenvalue weighted by Crippen LogP contribution is 2.38. The SMILES string of the molecule is CC1(c2ccccc2)C=Cc2[nH]c3ccccc3c2C1. The number of allylic oxidation sites excluding steroid dienone is 1. The molecule has 2 aromatic carbocycles. The first kappa shape index (κ1) is 11.5. The van der Waals surface area contributed by atoms with Crippen LogP contribution in [0, 0.1) is 0 Å². The van der Waals surface area contributed by atoms with E-state index in [2.05, 4.69) is 78.7 Å². The first-order valence-corrected chi connectivity index (χ1v) is 7.11. The van der Waals surface area contributed by atoms with Crippen LogP contribution in [0.3, 0.4) is 0 Å². The topological polar surface area (TPSA) is 15.8 Å². The summed E-state index contributed by atoms with van der Waals surface area (Å²) >= 11 is 0. The molecule has 0 amide bonds. The predicted octanol–water partition coefficient (Wildman–Crippen LogP) is 4.70. The van der Waals surface area contributed by atoms with E-state index in [0.29, 0.717) is 0 Å².